The van der Waals surface area contributed by atoms with Crippen molar-refractivity contribution in [1.29, 1.82) is 0 Å². The Morgan fingerprint density at radius 2 is 1.92 bits per heavy atom. The van der Waals surface area contributed by atoms with Crippen LogP contribution < -0.4 is 10.6 Å². The third-order valence-corrected chi connectivity index (χ3v) is 3.41. The quantitative estimate of drug-likeness (QED) is 0.729. The zero-order chi connectivity index (χ0) is 17.2. The number of benzene rings is 1. The van der Waals surface area contributed by atoms with Crippen LogP contribution in [0.15, 0.2) is 48.8 Å². The molecule has 1 aromatic carbocycles. The smallest absolute Gasteiger partial charge is 0.252 e. The molecule has 0 aliphatic heterocycles. The Morgan fingerprint density at radius 1 is 1.08 bits per heavy atom. The van der Waals surface area contributed by atoms with E-state index in [9.17, 15) is 14.0 Å². The molecule has 2 amide bonds. The van der Waals surface area contributed by atoms with Gasteiger partial charge in [0, 0.05) is 31.9 Å². The van der Waals surface area contributed by atoms with Gasteiger partial charge in [0.15, 0.2) is 0 Å². The standard InChI is InChI=1S/C18H20FN3O2/c19-16-6-1-4-14(12-16)7-8-17(23)21-10-3-11-22-18(24)15-5-2-9-20-13-15/h1-2,4-6,9,12-13H,3,7-8,10-11H2,(H,21,23)(H,22,24). The number of aryl methyl sites for hydroxylation is 1. The molecule has 2 rings (SSSR count). The van der Waals surface area contributed by atoms with Crippen LogP contribution in [0.2, 0.25) is 0 Å². The first-order chi connectivity index (χ1) is 11.6. The van der Waals surface area contributed by atoms with Crippen LogP contribution in [0.25, 0.3) is 0 Å². The summed E-state index contributed by atoms with van der Waals surface area (Å²) < 4.78 is 13.0. The number of carbonyl (C=O) groups is 2. The number of carbonyl (C=O) groups excluding carboxylic acids is 2. The summed E-state index contributed by atoms with van der Waals surface area (Å²) in [5, 5.41) is 5.55. The number of nitrogens with one attached hydrogen (secondary N) is 2. The number of amides is 2. The van der Waals surface area contributed by atoms with E-state index in [1.54, 1.807) is 30.5 Å². The molecule has 1 aromatic heterocycles. The lowest BCUT2D eigenvalue weighted by Gasteiger charge is -2.07. The topological polar surface area (TPSA) is 71.1 Å². The first-order valence-corrected chi connectivity index (χ1v) is 7.84. The Bertz CT molecular complexity index is 677. The maximum Gasteiger partial charge on any atom is 0.252 e. The Hall–Kier alpha value is -2.76. The van der Waals surface area contributed by atoms with Gasteiger partial charge in [-0.25, -0.2) is 4.39 Å². The molecule has 0 spiro atoms. The average molecular weight is 329 g/mol. The zero-order valence-electron chi connectivity index (χ0n) is 13.3. The summed E-state index contributed by atoms with van der Waals surface area (Å²) >= 11 is 0. The molecular formula is C18H20FN3O2. The lowest BCUT2D eigenvalue weighted by molar-refractivity contribution is -0.121. The number of nitrogens with zero attached hydrogens (tertiary/aromatic N) is 1. The van der Waals surface area contributed by atoms with Crippen molar-refractivity contribution in [1.82, 2.24) is 15.6 Å². The van der Waals surface area contributed by atoms with Gasteiger partial charge < -0.3 is 10.6 Å². The largest absolute Gasteiger partial charge is 0.356 e. The van der Waals surface area contributed by atoms with Crippen molar-refractivity contribution in [2.75, 3.05) is 13.1 Å². The second-order valence-electron chi connectivity index (χ2n) is 5.33. The Labute approximate surface area is 140 Å². The summed E-state index contributed by atoms with van der Waals surface area (Å²) in [6.45, 7) is 0.952. The minimum atomic E-state index is -0.294. The molecule has 2 N–H and O–H groups in total. The molecule has 0 saturated carbocycles. The number of hydrogen-bond donors (Lipinski definition) is 2. The van der Waals surface area contributed by atoms with E-state index in [4.69, 9.17) is 0 Å². The maximum atomic E-state index is 13.0. The van der Waals surface area contributed by atoms with E-state index in [0.29, 0.717) is 37.9 Å². The average Bonchev–Trinajstić information content (AvgIpc) is 2.60. The van der Waals surface area contributed by atoms with Gasteiger partial charge in [0.2, 0.25) is 5.91 Å². The van der Waals surface area contributed by atoms with Gasteiger partial charge in [-0.3, -0.25) is 14.6 Å². The van der Waals surface area contributed by atoms with Gasteiger partial charge in [-0.1, -0.05) is 12.1 Å². The number of pyridine rings is 1. The van der Waals surface area contributed by atoms with E-state index in [1.807, 2.05) is 0 Å². The summed E-state index contributed by atoms with van der Waals surface area (Å²) in [6, 6.07) is 9.63. The molecule has 1 heterocycles. The number of aromatic nitrogens is 1. The SMILES string of the molecule is O=C(CCc1cccc(F)c1)NCCCNC(=O)c1cccnc1. The van der Waals surface area contributed by atoms with Gasteiger partial charge in [0.1, 0.15) is 5.82 Å². The molecule has 0 aliphatic rings. The van der Waals surface area contributed by atoms with Crippen LogP contribution in [-0.2, 0) is 11.2 Å². The molecule has 0 atom stereocenters. The van der Waals surface area contributed by atoms with Crippen molar-refractivity contribution >= 4 is 11.8 Å². The lowest BCUT2D eigenvalue weighted by atomic mass is 10.1. The van der Waals surface area contributed by atoms with E-state index in [1.165, 1.54) is 18.3 Å². The molecule has 24 heavy (non-hydrogen) atoms. The highest BCUT2D eigenvalue weighted by atomic mass is 19.1. The lowest BCUT2D eigenvalue weighted by Crippen LogP contribution is -2.30. The highest BCUT2D eigenvalue weighted by Gasteiger charge is 2.05. The molecule has 0 radical (unpaired) electrons. The van der Waals surface area contributed by atoms with Crippen LogP contribution >= 0.6 is 0 Å². The van der Waals surface area contributed by atoms with Crippen LogP contribution in [0.5, 0.6) is 0 Å². The minimum Gasteiger partial charge on any atom is -0.356 e. The molecule has 0 fully saturated rings. The van der Waals surface area contributed by atoms with E-state index in [-0.39, 0.29) is 17.6 Å². The van der Waals surface area contributed by atoms with E-state index in [0.717, 1.165) is 5.56 Å². The summed E-state index contributed by atoms with van der Waals surface area (Å²) in [4.78, 5) is 27.4. The van der Waals surface area contributed by atoms with E-state index in [2.05, 4.69) is 15.6 Å². The van der Waals surface area contributed by atoms with Crippen molar-refractivity contribution in [3.8, 4) is 0 Å². The molecule has 2 aromatic rings. The van der Waals surface area contributed by atoms with Crippen LogP contribution in [0.4, 0.5) is 4.39 Å². The molecular weight excluding hydrogens is 309 g/mol. The fraction of sp³-hybridized carbons (Fsp3) is 0.278. The van der Waals surface area contributed by atoms with Crippen molar-refractivity contribution in [2.45, 2.75) is 19.3 Å². The van der Waals surface area contributed by atoms with Crippen molar-refractivity contribution in [2.24, 2.45) is 0 Å². The van der Waals surface area contributed by atoms with Gasteiger partial charge in [0.25, 0.3) is 5.91 Å². The van der Waals surface area contributed by atoms with Gasteiger partial charge >= 0.3 is 0 Å². The van der Waals surface area contributed by atoms with Crippen molar-refractivity contribution in [3.63, 3.8) is 0 Å². The van der Waals surface area contributed by atoms with E-state index >= 15 is 0 Å². The first-order valence-electron chi connectivity index (χ1n) is 7.84. The van der Waals surface area contributed by atoms with Crippen molar-refractivity contribution < 1.29 is 14.0 Å². The second-order valence-corrected chi connectivity index (χ2v) is 5.33. The predicted molar refractivity (Wildman–Crippen MR) is 88.9 cm³/mol. The third-order valence-electron chi connectivity index (χ3n) is 3.41. The van der Waals surface area contributed by atoms with E-state index < -0.39 is 0 Å². The Balaban J connectivity index is 1.57. The van der Waals surface area contributed by atoms with Crippen LogP contribution in [0.1, 0.15) is 28.8 Å². The molecule has 0 saturated heterocycles. The fourth-order valence-electron chi connectivity index (χ4n) is 2.16. The van der Waals surface area contributed by atoms with Crippen LogP contribution in [-0.4, -0.2) is 29.9 Å². The maximum absolute atomic E-state index is 13.0. The van der Waals surface area contributed by atoms with Gasteiger partial charge in [-0.2, -0.15) is 0 Å². The molecule has 126 valence electrons. The molecule has 6 heteroatoms. The third kappa shape index (κ3) is 6.16. The second kappa shape index (κ2) is 9.39. The van der Waals surface area contributed by atoms with Gasteiger partial charge in [-0.05, 0) is 42.7 Å². The molecule has 5 nitrogen and oxygen atoms in total. The van der Waals surface area contributed by atoms with Gasteiger partial charge in [-0.15, -0.1) is 0 Å². The minimum absolute atomic E-state index is 0.0853. The van der Waals surface area contributed by atoms with Crippen molar-refractivity contribution in [3.05, 3.63) is 65.7 Å². The molecule has 0 unspecified atom stereocenters. The number of halogens is 1. The fourth-order valence-corrected chi connectivity index (χ4v) is 2.16. The predicted octanol–water partition coefficient (Wildman–Crippen LogP) is 2.09. The number of rotatable bonds is 8. The van der Waals surface area contributed by atoms with Gasteiger partial charge in [0.05, 0.1) is 5.56 Å². The zero-order valence-corrected chi connectivity index (χ0v) is 13.3. The highest BCUT2D eigenvalue weighted by Crippen LogP contribution is 2.06. The number of hydrogen-bond acceptors (Lipinski definition) is 3. The monoisotopic (exact) mass is 329 g/mol. The molecule has 0 aliphatic carbocycles. The first kappa shape index (κ1) is 17.6. The highest BCUT2D eigenvalue weighted by molar-refractivity contribution is 5.93. The summed E-state index contributed by atoms with van der Waals surface area (Å²) in [5.41, 5.74) is 1.31. The summed E-state index contributed by atoms with van der Waals surface area (Å²) in [5.74, 6) is -0.560. The summed E-state index contributed by atoms with van der Waals surface area (Å²) in [6.07, 6.45) is 4.56. The van der Waals surface area contributed by atoms with Crippen LogP contribution in [0, 0.1) is 5.82 Å². The molecule has 0 bridgehead atoms. The Kier molecular flexibility index (Phi) is 6.89. The van der Waals surface area contributed by atoms with Crippen LogP contribution in [0.3, 0.4) is 0 Å². The Morgan fingerprint density at radius 3 is 2.67 bits per heavy atom. The normalized spacial score (nSPS) is 10.2. The summed E-state index contributed by atoms with van der Waals surface area (Å²) in [7, 11) is 0.